The van der Waals surface area contributed by atoms with E-state index in [9.17, 15) is 4.79 Å². The number of aromatic nitrogens is 1. The van der Waals surface area contributed by atoms with E-state index >= 15 is 0 Å². The Morgan fingerprint density at radius 3 is 2.42 bits per heavy atom. The van der Waals surface area contributed by atoms with Crippen molar-refractivity contribution in [2.24, 2.45) is 11.7 Å². The quantitative estimate of drug-likeness (QED) is 0.810. The number of halogens is 1. The molecule has 6 heteroatoms. The molecule has 1 fully saturated rings. The minimum absolute atomic E-state index is 0. The van der Waals surface area contributed by atoms with Crippen LogP contribution in [0.1, 0.15) is 41.5 Å². The van der Waals surface area contributed by atoms with Gasteiger partial charge in [-0.2, -0.15) is 0 Å². The summed E-state index contributed by atoms with van der Waals surface area (Å²) < 4.78 is 7.31. The Hall–Kier alpha value is -1.98. The number of carbonyl (C=O) groups excluding carboxylic acids is 1. The number of ether oxygens (including phenoxy) is 1. The molecule has 1 aliphatic carbocycles. The van der Waals surface area contributed by atoms with Gasteiger partial charge in [0.2, 0.25) is 0 Å². The number of aryl methyl sites for hydroxylation is 1. The number of methoxy groups -OCH3 is 1. The molecule has 26 heavy (non-hydrogen) atoms. The summed E-state index contributed by atoms with van der Waals surface area (Å²) in [6, 6.07) is 9.78. The van der Waals surface area contributed by atoms with Crippen molar-refractivity contribution in [3.05, 3.63) is 47.3 Å². The summed E-state index contributed by atoms with van der Waals surface area (Å²) >= 11 is 0. The maximum atomic E-state index is 12.9. The van der Waals surface area contributed by atoms with Crippen LogP contribution in [0.4, 0.5) is 0 Å². The van der Waals surface area contributed by atoms with Crippen LogP contribution in [-0.2, 0) is 0 Å². The Kier molecular flexibility index (Phi) is 6.04. The Morgan fingerprint density at radius 1 is 1.31 bits per heavy atom. The molecule has 0 aliphatic heterocycles. The minimum Gasteiger partial charge on any atom is -0.497 e. The Labute approximate surface area is 161 Å². The van der Waals surface area contributed by atoms with Gasteiger partial charge >= 0.3 is 0 Å². The van der Waals surface area contributed by atoms with Crippen LogP contribution in [0.15, 0.2) is 30.3 Å². The van der Waals surface area contributed by atoms with Gasteiger partial charge in [-0.1, -0.05) is 0 Å². The third kappa shape index (κ3) is 3.74. The van der Waals surface area contributed by atoms with Crippen LogP contribution in [-0.4, -0.2) is 29.7 Å². The SMILES string of the molecule is COc1ccc(-n2c(C)cc(C(=O)NC(C)(CN)C3CC3)c2C)cc1.Cl. The van der Waals surface area contributed by atoms with E-state index < -0.39 is 0 Å². The number of nitrogens with one attached hydrogen (secondary N) is 1. The summed E-state index contributed by atoms with van der Waals surface area (Å²) in [6.07, 6.45) is 2.28. The molecule has 2 aromatic rings. The van der Waals surface area contributed by atoms with Crippen molar-refractivity contribution >= 4 is 18.3 Å². The van der Waals surface area contributed by atoms with Crippen molar-refractivity contribution in [2.75, 3.05) is 13.7 Å². The maximum absolute atomic E-state index is 12.9. The van der Waals surface area contributed by atoms with Crippen LogP contribution < -0.4 is 15.8 Å². The highest BCUT2D eigenvalue weighted by atomic mass is 35.5. The number of nitrogens with zero attached hydrogens (tertiary/aromatic N) is 1. The summed E-state index contributed by atoms with van der Waals surface area (Å²) in [5, 5.41) is 3.18. The van der Waals surface area contributed by atoms with E-state index in [1.807, 2.05) is 51.1 Å². The van der Waals surface area contributed by atoms with Crippen molar-refractivity contribution in [2.45, 2.75) is 39.2 Å². The molecule has 0 saturated heterocycles. The largest absolute Gasteiger partial charge is 0.497 e. The second kappa shape index (κ2) is 7.72. The van der Waals surface area contributed by atoms with Gasteiger partial charge in [0.15, 0.2) is 0 Å². The fourth-order valence-electron chi connectivity index (χ4n) is 3.49. The predicted octanol–water partition coefficient (Wildman–Crippen LogP) is 3.38. The second-order valence-electron chi connectivity index (χ2n) is 7.17. The van der Waals surface area contributed by atoms with Crippen molar-refractivity contribution in [3.63, 3.8) is 0 Å². The van der Waals surface area contributed by atoms with E-state index in [4.69, 9.17) is 10.5 Å². The first kappa shape index (κ1) is 20.3. The van der Waals surface area contributed by atoms with Crippen LogP contribution in [0.25, 0.3) is 5.69 Å². The zero-order chi connectivity index (χ0) is 18.2. The van der Waals surface area contributed by atoms with Crippen molar-refractivity contribution in [1.82, 2.24) is 9.88 Å². The fraction of sp³-hybridized carbons (Fsp3) is 0.450. The summed E-state index contributed by atoms with van der Waals surface area (Å²) in [4.78, 5) is 12.9. The predicted molar refractivity (Wildman–Crippen MR) is 107 cm³/mol. The molecular formula is C20H28ClN3O2. The van der Waals surface area contributed by atoms with Crippen molar-refractivity contribution in [3.8, 4) is 11.4 Å². The van der Waals surface area contributed by atoms with Crippen LogP contribution in [0.5, 0.6) is 5.75 Å². The van der Waals surface area contributed by atoms with Gasteiger partial charge in [0.25, 0.3) is 5.91 Å². The number of hydrogen-bond acceptors (Lipinski definition) is 3. The molecule has 0 radical (unpaired) electrons. The lowest BCUT2D eigenvalue weighted by Crippen LogP contribution is -2.53. The average molecular weight is 378 g/mol. The Balaban J connectivity index is 0.00000243. The molecule has 142 valence electrons. The topological polar surface area (TPSA) is 69.3 Å². The first-order chi connectivity index (χ1) is 11.9. The van der Waals surface area contributed by atoms with E-state index in [1.165, 1.54) is 0 Å². The standard InChI is InChI=1S/C20H27N3O2.ClH/c1-13-11-18(19(24)22-20(3,12-21)15-5-6-15)14(2)23(13)16-7-9-17(25-4)10-8-16;/h7-11,15H,5-6,12,21H2,1-4H3,(H,22,24);1H. The van der Waals surface area contributed by atoms with E-state index in [0.717, 1.165) is 35.7 Å². The van der Waals surface area contributed by atoms with E-state index in [0.29, 0.717) is 18.0 Å². The average Bonchev–Trinajstić information content (AvgIpc) is 3.41. The zero-order valence-corrected chi connectivity index (χ0v) is 16.7. The normalized spacial score (nSPS) is 15.7. The number of rotatable bonds is 6. The third-order valence-electron chi connectivity index (χ3n) is 5.31. The van der Waals surface area contributed by atoms with Crippen LogP contribution in [0.3, 0.4) is 0 Å². The molecule has 0 bridgehead atoms. The summed E-state index contributed by atoms with van der Waals surface area (Å²) in [7, 11) is 1.65. The molecule has 1 atom stereocenters. The lowest BCUT2D eigenvalue weighted by molar-refractivity contribution is 0.0897. The Bertz CT molecular complexity index is 781. The van der Waals surface area contributed by atoms with Gasteiger partial charge in [-0.25, -0.2) is 0 Å². The monoisotopic (exact) mass is 377 g/mol. The van der Waals surface area contributed by atoms with Crippen molar-refractivity contribution < 1.29 is 9.53 Å². The molecule has 1 aromatic carbocycles. The molecule has 1 aromatic heterocycles. The molecule has 3 rings (SSSR count). The van der Waals surface area contributed by atoms with Crippen LogP contribution in [0, 0.1) is 19.8 Å². The van der Waals surface area contributed by atoms with Gasteiger partial charge in [0, 0.05) is 23.6 Å². The molecule has 0 spiro atoms. The highest BCUT2D eigenvalue weighted by molar-refractivity contribution is 5.96. The Morgan fingerprint density at radius 2 is 1.92 bits per heavy atom. The number of hydrogen-bond donors (Lipinski definition) is 2. The van der Waals surface area contributed by atoms with Gasteiger partial charge in [0.1, 0.15) is 5.75 Å². The fourth-order valence-corrected chi connectivity index (χ4v) is 3.49. The molecule has 1 aliphatic rings. The lowest BCUT2D eigenvalue weighted by Gasteiger charge is -2.29. The number of carbonyl (C=O) groups is 1. The first-order valence-electron chi connectivity index (χ1n) is 8.75. The molecule has 1 unspecified atom stereocenters. The highest BCUT2D eigenvalue weighted by Gasteiger charge is 2.42. The number of benzene rings is 1. The molecule has 3 N–H and O–H groups in total. The molecule has 5 nitrogen and oxygen atoms in total. The van der Waals surface area contributed by atoms with Gasteiger partial charge in [0.05, 0.1) is 18.2 Å². The molecular weight excluding hydrogens is 350 g/mol. The highest BCUT2D eigenvalue weighted by Crippen LogP contribution is 2.39. The van der Waals surface area contributed by atoms with Crippen LogP contribution in [0.2, 0.25) is 0 Å². The van der Waals surface area contributed by atoms with Gasteiger partial charge < -0.3 is 20.4 Å². The van der Waals surface area contributed by atoms with E-state index in [1.54, 1.807) is 7.11 Å². The van der Waals surface area contributed by atoms with Crippen molar-refractivity contribution in [1.29, 1.82) is 0 Å². The maximum Gasteiger partial charge on any atom is 0.253 e. The smallest absolute Gasteiger partial charge is 0.253 e. The summed E-state index contributed by atoms with van der Waals surface area (Å²) in [6.45, 7) is 6.49. The van der Waals surface area contributed by atoms with Gasteiger partial charge in [-0.05, 0) is 69.9 Å². The lowest BCUT2D eigenvalue weighted by atomic mass is 9.95. The first-order valence-corrected chi connectivity index (χ1v) is 8.75. The van der Waals surface area contributed by atoms with E-state index in [-0.39, 0.29) is 23.9 Å². The minimum atomic E-state index is -0.320. The third-order valence-corrected chi connectivity index (χ3v) is 5.31. The summed E-state index contributed by atoms with van der Waals surface area (Å²) in [5.41, 5.74) is 9.28. The molecule has 1 amide bonds. The second-order valence-corrected chi connectivity index (χ2v) is 7.17. The number of nitrogens with two attached hydrogens (primary N) is 1. The molecule has 1 saturated carbocycles. The van der Waals surface area contributed by atoms with E-state index in [2.05, 4.69) is 9.88 Å². The zero-order valence-electron chi connectivity index (χ0n) is 15.8. The van der Waals surface area contributed by atoms with Gasteiger partial charge in [-0.15, -0.1) is 12.4 Å². The number of amides is 1. The van der Waals surface area contributed by atoms with Gasteiger partial charge in [-0.3, -0.25) is 4.79 Å². The summed E-state index contributed by atoms with van der Waals surface area (Å²) in [5.74, 6) is 1.26. The molecule has 1 heterocycles. The van der Waals surface area contributed by atoms with Crippen LogP contribution >= 0.6 is 12.4 Å².